The molecule has 0 amide bonds. The molecule has 0 aliphatic carbocycles. The van der Waals surface area contributed by atoms with Gasteiger partial charge in [0.1, 0.15) is 11.8 Å². The van der Waals surface area contributed by atoms with Crippen LogP contribution in [0.1, 0.15) is 23.6 Å². The Balaban J connectivity index is 3.54. The van der Waals surface area contributed by atoms with Crippen LogP contribution in [0, 0.1) is 20.8 Å². The number of halogens is 1. The first-order valence-corrected chi connectivity index (χ1v) is 6.82. The Hall–Kier alpha value is -1.23. The molecule has 0 heterocycles. The average molecular weight is 330 g/mol. The van der Waals surface area contributed by atoms with Crippen molar-refractivity contribution < 1.29 is 14.6 Å². The fourth-order valence-electron chi connectivity index (χ4n) is 2.10. The van der Waals surface area contributed by atoms with E-state index < -0.39 is 12.0 Å². The van der Waals surface area contributed by atoms with Gasteiger partial charge >= 0.3 is 5.97 Å². The maximum Gasteiger partial charge on any atom is 0.326 e. The molecule has 0 aromatic heterocycles. The van der Waals surface area contributed by atoms with Gasteiger partial charge in [0, 0.05) is 11.5 Å². The van der Waals surface area contributed by atoms with Crippen molar-refractivity contribution in [1.29, 1.82) is 0 Å². The van der Waals surface area contributed by atoms with Gasteiger partial charge in [-0.15, -0.1) is 0 Å². The largest absolute Gasteiger partial charge is 0.494 e. The lowest BCUT2D eigenvalue weighted by molar-refractivity contribution is -0.138. The van der Waals surface area contributed by atoms with Crippen molar-refractivity contribution in [3.8, 4) is 5.75 Å². The number of carboxylic acid groups (broad SMARTS) is 1. The number of benzene rings is 1. The molecule has 0 aliphatic heterocycles. The molecule has 1 N–H and O–H groups in total. The van der Waals surface area contributed by atoms with E-state index in [1.54, 1.807) is 26.0 Å². The minimum atomic E-state index is -0.863. The second-order valence-corrected chi connectivity index (χ2v) is 5.49. The fourth-order valence-corrected chi connectivity index (χ4v) is 2.59. The molecule has 0 radical (unpaired) electrons. The highest BCUT2D eigenvalue weighted by Gasteiger charge is 2.25. The molecule has 106 valence electrons. The van der Waals surface area contributed by atoms with Crippen molar-refractivity contribution >= 4 is 27.6 Å². The van der Waals surface area contributed by atoms with Gasteiger partial charge in [0.05, 0.1) is 12.8 Å². The van der Waals surface area contributed by atoms with Gasteiger partial charge < -0.3 is 14.7 Å². The first-order valence-electron chi connectivity index (χ1n) is 6.02. The summed E-state index contributed by atoms with van der Waals surface area (Å²) >= 11 is 3.57. The number of nitrogens with zero attached hydrogens (tertiary/aromatic N) is 1. The summed E-state index contributed by atoms with van der Waals surface area (Å²) in [5.74, 6) is -0.132. The maximum atomic E-state index is 11.2. The lowest BCUT2D eigenvalue weighted by Gasteiger charge is -2.29. The van der Waals surface area contributed by atoms with E-state index >= 15 is 0 Å². The number of carbonyl (C=O) groups is 1. The SMILES string of the molecule is COc1c(C)c(C)c(Br)c(C)c1N(C)C(C)C(=O)O. The summed E-state index contributed by atoms with van der Waals surface area (Å²) in [6.45, 7) is 7.60. The van der Waals surface area contributed by atoms with Gasteiger partial charge in [0.25, 0.3) is 0 Å². The van der Waals surface area contributed by atoms with E-state index in [1.807, 2.05) is 20.8 Å². The third-order valence-electron chi connectivity index (χ3n) is 3.63. The Labute approximate surface area is 122 Å². The standard InChI is InChI=1S/C14H20BrNO3/c1-7-8(2)13(19-6)12(9(3)11(7)15)16(5)10(4)14(17)18/h10H,1-6H3,(H,17,18). The summed E-state index contributed by atoms with van der Waals surface area (Å²) in [6, 6.07) is -0.624. The van der Waals surface area contributed by atoms with Crippen LogP contribution in [0.5, 0.6) is 5.75 Å². The van der Waals surface area contributed by atoms with E-state index in [-0.39, 0.29) is 0 Å². The summed E-state index contributed by atoms with van der Waals surface area (Å²) in [4.78, 5) is 12.9. The lowest BCUT2D eigenvalue weighted by Crippen LogP contribution is -2.36. The van der Waals surface area contributed by atoms with Crippen molar-refractivity contribution in [3.05, 3.63) is 21.2 Å². The van der Waals surface area contributed by atoms with Gasteiger partial charge in [0.2, 0.25) is 0 Å². The minimum absolute atomic E-state index is 0.624. The first-order chi connectivity index (χ1) is 8.73. The molecule has 0 saturated heterocycles. The summed E-state index contributed by atoms with van der Waals surface area (Å²) in [5, 5.41) is 9.17. The summed E-state index contributed by atoms with van der Waals surface area (Å²) < 4.78 is 6.48. The van der Waals surface area contributed by atoms with Crippen molar-refractivity contribution in [1.82, 2.24) is 0 Å². The second-order valence-electron chi connectivity index (χ2n) is 4.70. The fraction of sp³-hybridized carbons (Fsp3) is 0.500. The molecule has 1 aromatic rings. The van der Waals surface area contributed by atoms with Gasteiger partial charge in [0.15, 0.2) is 0 Å². The molecule has 1 unspecified atom stereocenters. The van der Waals surface area contributed by atoms with Crippen LogP contribution in [0.25, 0.3) is 0 Å². The van der Waals surface area contributed by atoms with Crippen LogP contribution in [-0.4, -0.2) is 31.3 Å². The Morgan fingerprint density at radius 3 is 2.21 bits per heavy atom. The smallest absolute Gasteiger partial charge is 0.326 e. The third-order valence-corrected chi connectivity index (χ3v) is 4.82. The average Bonchev–Trinajstić information content (AvgIpc) is 2.38. The van der Waals surface area contributed by atoms with Gasteiger partial charge in [-0.3, -0.25) is 0 Å². The van der Waals surface area contributed by atoms with E-state index in [0.717, 1.165) is 32.6 Å². The number of aliphatic carboxylic acids is 1. The van der Waals surface area contributed by atoms with E-state index in [9.17, 15) is 4.79 Å². The molecule has 1 atom stereocenters. The van der Waals surface area contributed by atoms with Crippen LogP contribution in [0.4, 0.5) is 5.69 Å². The molecule has 0 fully saturated rings. The minimum Gasteiger partial charge on any atom is -0.494 e. The number of likely N-dealkylation sites (N-methyl/N-ethyl adjacent to an activating group) is 1. The number of anilines is 1. The Kier molecular flexibility index (Phi) is 4.85. The summed E-state index contributed by atoms with van der Waals surface area (Å²) in [6.07, 6.45) is 0. The molecule has 4 nitrogen and oxygen atoms in total. The normalized spacial score (nSPS) is 12.2. The zero-order valence-corrected chi connectivity index (χ0v) is 13.8. The predicted octanol–water partition coefficient (Wildman–Crippen LogP) is 3.29. The molecule has 1 rings (SSSR count). The molecular formula is C14H20BrNO3. The van der Waals surface area contributed by atoms with Gasteiger partial charge in [-0.25, -0.2) is 4.79 Å². The highest BCUT2D eigenvalue weighted by Crippen LogP contribution is 2.42. The molecule has 0 aliphatic rings. The number of hydrogen-bond acceptors (Lipinski definition) is 3. The van der Waals surface area contributed by atoms with Crippen LogP contribution in [0.3, 0.4) is 0 Å². The molecule has 0 saturated carbocycles. The number of hydrogen-bond donors (Lipinski definition) is 1. The van der Waals surface area contributed by atoms with E-state index in [2.05, 4.69) is 15.9 Å². The molecular weight excluding hydrogens is 310 g/mol. The molecule has 0 spiro atoms. The quantitative estimate of drug-likeness (QED) is 0.920. The Bertz CT molecular complexity index is 514. The highest BCUT2D eigenvalue weighted by atomic mass is 79.9. The van der Waals surface area contributed by atoms with Crippen LogP contribution < -0.4 is 9.64 Å². The van der Waals surface area contributed by atoms with E-state index in [1.165, 1.54) is 0 Å². The Morgan fingerprint density at radius 1 is 1.26 bits per heavy atom. The number of rotatable bonds is 4. The number of ether oxygens (including phenoxy) is 1. The number of carboxylic acids is 1. The molecule has 19 heavy (non-hydrogen) atoms. The van der Waals surface area contributed by atoms with E-state index in [4.69, 9.17) is 9.84 Å². The Morgan fingerprint density at radius 2 is 1.79 bits per heavy atom. The topological polar surface area (TPSA) is 49.8 Å². The second kappa shape index (κ2) is 5.82. The monoisotopic (exact) mass is 329 g/mol. The zero-order valence-electron chi connectivity index (χ0n) is 12.2. The van der Waals surface area contributed by atoms with Gasteiger partial charge in [-0.05, 0) is 44.4 Å². The van der Waals surface area contributed by atoms with Crippen molar-refractivity contribution in [3.63, 3.8) is 0 Å². The highest BCUT2D eigenvalue weighted by molar-refractivity contribution is 9.10. The van der Waals surface area contributed by atoms with Crippen molar-refractivity contribution in [2.45, 2.75) is 33.7 Å². The van der Waals surface area contributed by atoms with Gasteiger partial charge in [-0.1, -0.05) is 15.9 Å². The predicted molar refractivity (Wildman–Crippen MR) is 80.4 cm³/mol. The molecule has 5 heteroatoms. The van der Waals surface area contributed by atoms with Crippen LogP contribution in [-0.2, 0) is 4.79 Å². The summed E-state index contributed by atoms with van der Waals surface area (Å²) in [7, 11) is 3.38. The first kappa shape index (κ1) is 15.8. The van der Waals surface area contributed by atoms with Gasteiger partial charge in [-0.2, -0.15) is 0 Å². The lowest BCUT2D eigenvalue weighted by atomic mass is 10.0. The number of methoxy groups -OCH3 is 1. The molecule has 1 aromatic carbocycles. The molecule has 0 bridgehead atoms. The summed E-state index contributed by atoms with van der Waals surface area (Å²) in [5.41, 5.74) is 3.91. The van der Waals surface area contributed by atoms with Crippen LogP contribution in [0.15, 0.2) is 4.47 Å². The zero-order chi connectivity index (χ0) is 14.9. The van der Waals surface area contributed by atoms with Crippen molar-refractivity contribution in [2.75, 3.05) is 19.1 Å². The maximum absolute atomic E-state index is 11.2. The van der Waals surface area contributed by atoms with E-state index in [0.29, 0.717) is 0 Å². The third kappa shape index (κ3) is 2.71. The van der Waals surface area contributed by atoms with Crippen LogP contribution >= 0.6 is 15.9 Å². The van der Waals surface area contributed by atoms with Crippen molar-refractivity contribution in [2.24, 2.45) is 0 Å². The van der Waals surface area contributed by atoms with Crippen LogP contribution in [0.2, 0.25) is 0 Å².